The number of amides is 5. The number of thiol groups is 1. The van der Waals surface area contributed by atoms with Crippen LogP contribution in [-0.4, -0.2) is 71.4 Å². The lowest BCUT2D eigenvalue weighted by molar-refractivity contribution is -0.139. The number of nitrogens with zero attached hydrogens (tertiary/aromatic N) is 1. The van der Waals surface area contributed by atoms with E-state index in [2.05, 4.69) is 44.4 Å². The summed E-state index contributed by atoms with van der Waals surface area (Å²) in [5.74, 6) is -3.61. The Morgan fingerprint density at radius 1 is 0.980 bits per heavy atom. The molecule has 5 amide bonds. The van der Waals surface area contributed by atoms with E-state index in [1.807, 2.05) is 44.2 Å². The summed E-state index contributed by atoms with van der Waals surface area (Å²) in [6.07, 6.45) is 2.14. The van der Waals surface area contributed by atoms with Gasteiger partial charge in [0.05, 0.1) is 6.04 Å². The van der Waals surface area contributed by atoms with Gasteiger partial charge < -0.3 is 35.8 Å². The van der Waals surface area contributed by atoms with E-state index < -0.39 is 59.7 Å². The maximum absolute atomic E-state index is 13.8. The van der Waals surface area contributed by atoms with Crippen LogP contribution in [0.1, 0.15) is 75.7 Å². The van der Waals surface area contributed by atoms with Crippen LogP contribution in [0.5, 0.6) is 0 Å². The molecule has 0 radical (unpaired) electrons. The van der Waals surface area contributed by atoms with Gasteiger partial charge in [-0.25, -0.2) is 4.79 Å². The first-order chi connectivity index (χ1) is 23.6. The van der Waals surface area contributed by atoms with E-state index in [-0.39, 0.29) is 47.8 Å². The fraction of sp³-hybridized carbons (Fsp3) is 0.514. The average molecular weight is 713 g/mol. The third kappa shape index (κ3) is 12.3. The largest absolute Gasteiger partial charge is 0.458 e. The van der Waals surface area contributed by atoms with Gasteiger partial charge in [0.2, 0.25) is 23.6 Å². The van der Waals surface area contributed by atoms with Crippen molar-refractivity contribution in [1.82, 2.24) is 31.7 Å². The minimum absolute atomic E-state index is 0.0120. The van der Waals surface area contributed by atoms with Crippen molar-refractivity contribution in [3.63, 3.8) is 0 Å². The van der Waals surface area contributed by atoms with Gasteiger partial charge in [0.15, 0.2) is 5.69 Å². The molecule has 3 rings (SSSR count). The fourth-order valence-corrected chi connectivity index (χ4v) is 5.53. The number of aromatic nitrogens is 1. The smallest absolute Gasteiger partial charge is 0.331 e. The number of esters is 1. The molecule has 5 N–H and O–H groups in total. The number of benzene rings is 1. The van der Waals surface area contributed by atoms with Gasteiger partial charge in [0, 0.05) is 29.5 Å². The molecule has 0 aliphatic carbocycles. The van der Waals surface area contributed by atoms with E-state index >= 15 is 0 Å². The van der Waals surface area contributed by atoms with E-state index in [0.717, 1.165) is 5.56 Å². The number of carbonyl (C=O) groups excluding carboxylic acids is 6. The second-order valence-electron chi connectivity index (χ2n) is 13.2. The van der Waals surface area contributed by atoms with E-state index in [4.69, 9.17) is 9.26 Å². The molecule has 1 aromatic carbocycles. The van der Waals surface area contributed by atoms with Crippen LogP contribution in [0.3, 0.4) is 0 Å². The minimum Gasteiger partial charge on any atom is -0.458 e. The molecular formula is C35H48N6O8S. The molecule has 272 valence electrons. The van der Waals surface area contributed by atoms with Gasteiger partial charge in [-0.15, -0.1) is 12.6 Å². The number of hydrogen-bond donors (Lipinski definition) is 6. The summed E-state index contributed by atoms with van der Waals surface area (Å²) >= 11 is 4.53. The van der Waals surface area contributed by atoms with E-state index in [1.54, 1.807) is 20.8 Å². The number of carbonyl (C=O) groups is 6. The number of aryl methyl sites for hydroxylation is 1. The Kier molecular flexibility index (Phi) is 15.1. The highest BCUT2D eigenvalue weighted by atomic mass is 32.1. The Morgan fingerprint density at radius 3 is 2.24 bits per heavy atom. The normalized spacial score (nSPS) is 16.9. The maximum Gasteiger partial charge on any atom is 0.331 e. The third-order valence-corrected chi connectivity index (χ3v) is 8.48. The van der Waals surface area contributed by atoms with E-state index in [9.17, 15) is 28.8 Å². The van der Waals surface area contributed by atoms with Gasteiger partial charge in [-0.3, -0.25) is 24.0 Å². The van der Waals surface area contributed by atoms with Crippen molar-refractivity contribution in [2.45, 2.75) is 91.6 Å². The van der Waals surface area contributed by atoms with Gasteiger partial charge in [-0.1, -0.05) is 63.2 Å². The molecule has 1 aromatic heterocycles. The molecule has 2 aromatic rings. The molecule has 5 atom stereocenters. The molecule has 15 heteroatoms. The van der Waals surface area contributed by atoms with E-state index in [0.29, 0.717) is 18.7 Å². The fourth-order valence-electron chi connectivity index (χ4n) is 5.26. The number of ether oxygens (including phenoxy) is 1. The Labute approximate surface area is 297 Å². The van der Waals surface area contributed by atoms with Crippen molar-refractivity contribution in [2.75, 3.05) is 6.54 Å². The summed E-state index contributed by atoms with van der Waals surface area (Å²) in [4.78, 5) is 78.3. The maximum atomic E-state index is 13.8. The van der Waals surface area contributed by atoms with Crippen molar-refractivity contribution in [3.8, 4) is 0 Å². The second-order valence-corrected chi connectivity index (χ2v) is 13.7. The summed E-state index contributed by atoms with van der Waals surface area (Å²) in [5, 5.41) is 17.3. The summed E-state index contributed by atoms with van der Waals surface area (Å²) in [5.41, 5.74) is 0.810. The van der Waals surface area contributed by atoms with Gasteiger partial charge >= 0.3 is 5.97 Å². The lowest BCUT2D eigenvalue weighted by atomic mass is 9.96. The van der Waals surface area contributed by atoms with Gasteiger partial charge in [0.1, 0.15) is 30.5 Å². The number of hydrogen-bond acceptors (Lipinski definition) is 10. The van der Waals surface area contributed by atoms with Gasteiger partial charge in [0.25, 0.3) is 5.91 Å². The molecular weight excluding hydrogens is 664 g/mol. The SMILES string of the molecule is Cc1cc(C(=O)N[C@@H](C)C(=O)N[C@H](C(=O)N[C@@H](CC(C)C)C(=O)N[C@@H](C[C@@H]2CCNC2=O)/C(S)=C\C(=O)OCc2ccccc2)C(C)C)no1. The summed E-state index contributed by atoms with van der Waals surface area (Å²) in [6.45, 7) is 10.9. The molecule has 1 saturated heterocycles. The van der Waals surface area contributed by atoms with Crippen molar-refractivity contribution in [3.05, 3.63) is 64.4 Å². The van der Waals surface area contributed by atoms with Gasteiger partial charge in [-0.05, 0) is 50.5 Å². The highest BCUT2D eigenvalue weighted by Gasteiger charge is 2.34. The van der Waals surface area contributed by atoms with Gasteiger partial charge in [-0.2, -0.15) is 0 Å². The van der Waals surface area contributed by atoms with Crippen LogP contribution in [0, 0.1) is 24.7 Å². The van der Waals surface area contributed by atoms with Crippen LogP contribution in [0.15, 0.2) is 51.9 Å². The van der Waals surface area contributed by atoms with Crippen LogP contribution in [0.25, 0.3) is 0 Å². The van der Waals surface area contributed by atoms with Crippen LogP contribution >= 0.6 is 12.6 Å². The standard InChI is InChI=1S/C35H48N6O8S/c1-19(2)14-26(39-35(47)30(20(3)4)40-31(43)22(6)37-34(46)27-15-21(5)49-41-27)33(45)38-25(16-24-12-13-36-32(24)44)28(50)17-29(42)48-18-23-10-8-7-9-11-23/h7-11,15,17,19-20,22,24-26,30,50H,12-14,16,18H2,1-6H3,(H,36,44)(H,37,46)(H,38,45)(H,39,47)(H,40,43)/b28-17+/t22-,24-,25-,26-,30-/m0/s1. The first kappa shape index (κ1) is 39.8. The summed E-state index contributed by atoms with van der Waals surface area (Å²) in [6, 6.07) is 6.64. The Morgan fingerprint density at radius 2 is 1.66 bits per heavy atom. The van der Waals surface area contributed by atoms with E-state index in [1.165, 1.54) is 19.1 Å². The predicted molar refractivity (Wildman–Crippen MR) is 187 cm³/mol. The number of rotatable bonds is 17. The highest BCUT2D eigenvalue weighted by Crippen LogP contribution is 2.23. The molecule has 0 unspecified atom stereocenters. The predicted octanol–water partition coefficient (Wildman–Crippen LogP) is 2.34. The highest BCUT2D eigenvalue weighted by molar-refractivity contribution is 7.84. The molecule has 0 spiro atoms. The Hall–Kier alpha value is -4.66. The minimum atomic E-state index is -1.05. The lowest BCUT2D eigenvalue weighted by Gasteiger charge is -2.29. The molecule has 14 nitrogen and oxygen atoms in total. The van der Waals surface area contributed by atoms with Crippen LogP contribution in [-0.2, 0) is 35.3 Å². The molecule has 50 heavy (non-hydrogen) atoms. The van der Waals surface area contributed by atoms with Crippen LogP contribution in [0.4, 0.5) is 0 Å². The zero-order valence-electron chi connectivity index (χ0n) is 29.3. The first-order valence-electron chi connectivity index (χ1n) is 16.7. The molecule has 0 bridgehead atoms. The molecule has 1 aliphatic rings. The monoisotopic (exact) mass is 712 g/mol. The Balaban J connectivity index is 1.72. The Bertz CT molecular complexity index is 1540. The molecule has 0 saturated carbocycles. The molecule has 1 fully saturated rings. The topological polar surface area (TPSA) is 198 Å². The molecule has 1 aliphatic heterocycles. The van der Waals surface area contributed by atoms with Crippen molar-refractivity contribution < 1.29 is 38.0 Å². The number of nitrogens with one attached hydrogen (secondary N) is 5. The summed E-state index contributed by atoms with van der Waals surface area (Å²) in [7, 11) is 0. The van der Waals surface area contributed by atoms with Crippen molar-refractivity contribution in [2.24, 2.45) is 17.8 Å². The van der Waals surface area contributed by atoms with Crippen molar-refractivity contribution in [1.29, 1.82) is 0 Å². The lowest BCUT2D eigenvalue weighted by Crippen LogP contribution is -2.58. The third-order valence-electron chi connectivity index (χ3n) is 8.03. The zero-order chi connectivity index (χ0) is 37.0. The quantitative estimate of drug-likeness (QED) is 0.0810. The van der Waals surface area contributed by atoms with Crippen molar-refractivity contribution >= 4 is 48.1 Å². The second kappa shape index (κ2) is 18.9. The average Bonchev–Trinajstić information content (AvgIpc) is 3.69. The molecule has 2 heterocycles. The van der Waals surface area contributed by atoms with Crippen LogP contribution < -0.4 is 26.6 Å². The summed E-state index contributed by atoms with van der Waals surface area (Å²) < 4.78 is 10.3. The first-order valence-corrected chi connectivity index (χ1v) is 17.1. The van der Waals surface area contributed by atoms with Crippen LogP contribution in [0.2, 0.25) is 0 Å². The zero-order valence-corrected chi connectivity index (χ0v) is 30.2.